The van der Waals surface area contributed by atoms with E-state index in [2.05, 4.69) is 11.8 Å². The smallest absolute Gasteiger partial charge is 0.200 e. The molecule has 0 aliphatic rings. The van der Waals surface area contributed by atoms with Gasteiger partial charge < -0.3 is 9.84 Å². The molecule has 0 aliphatic heterocycles. The summed E-state index contributed by atoms with van der Waals surface area (Å²) in [5.41, 5.74) is -0.768. The number of rotatable bonds is 3. The summed E-state index contributed by atoms with van der Waals surface area (Å²) >= 11 is 0. The second-order valence-electron chi connectivity index (χ2n) is 4.73. The monoisotopic (exact) mass is 342 g/mol. The fourth-order valence-electron chi connectivity index (χ4n) is 1.94. The highest BCUT2D eigenvalue weighted by atomic mass is 19.2. The zero-order valence-electron chi connectivity index (χ0n) is 12.3. The summed E-state index contributed by atoms with van der Waals surface area (Å²) in [7, 11) is 1.49. The Morgan fingerprint density at radius 1 is 0.917 bits per heavy atom. The molecule has 0 fully saturated rings. The number of hydrogen-bond acceptors (Lipinski definition) is 2. The molecule has 2 aromatic rings. The maximum Gasteiger partial charge on any atom is 0.200 e. The number of halogens is 5. The lowest BCUT2D eigenvalue weighted by atomic mass is 10.0. The van der Waals surface area contributed by atoms with Gasteiger partial charge in [0.05, 0.1) is 18.8 Å². The van der Waals surface area contributed by atoms with Gasteiger partial charge >= 0.3 is 0 Å². The van der Waals surface area contributed by atoms with E-state index in [4.69, 9.17) is 4.74 Å². The fourth-order valence-corrected chi connectivity index (χ4v) is 1.94. The summed E-state index contributed by atoms with van der Waals surface area (Å²) in [5.74, 6) is -4.98. The number of hydrogen-bond donors (Lipinski definition) is 1. The Morgan fingerprint density at radius 2 is 1.42 bits per heavy atom. The molecule has 24 heavy (non-hydrogen) atoms. The molecule has 126 valence electrons. The minimum atomic E-state index is -2.27. The Labute approximate surface area is 134 Å². The van der Waals surface area contributed by atoms with Crippen LogP contribution in [0, 0.1) is 40.9 Å². The van der Waals surface area contributed by atoms with Crippen LogP contribution in [0.2, 0.25) is 0 Å². The van der Waals surface area contributed by atoms with E-state index in [-0.39, 0.29) is 0 Å². The van der Waals surface area contributed by atoms with Crippen molar-refractivity contribution < 1.29 is 31.8 Å². The molecule has 2 nitrogen and oxygen atoms in total. The number of aliphatic hydroxyl groups is 1. The normalized spacial score (nSPS) is 11.6. The molecule has 0 saturated carbocycles. The Morgan fingerprint density at radius 3 is 1.92 bits per heavy atom. The maximum atomic E-state index is 13.5. The average Bonchev–Trinajstić information content (AvgIpc) is 2.59. The van der Waals surface area contributed by atoms with Gasteiger partial charge in [0, 0.05) is 12.0 Å². The molecular formula is C17H11F5O2. The first-order valence-electron chi connectivity index (χ1n) is 6.69. The first-order chi connectivity index (χ1) is 11.4. The quantitative estimate of drug-likeness (QED) is 0.397. The Bertz CT molecular complexity index is 777. The zero-order chi connectivity index (χ0) is 17.9. The summed E-state index contributed by atoms with van der Waals surface area (Å²) < 4.78 is 71.2. The molecule has 0 aliphatic carbocycles. The summed E-state index contributed by atoms with van der Waals surface area (Å²) in [6.45, 7) is 0. The van der Waals surface area contributed by atoms with Crippen LogP contribution in [0.5, 0.6) is 5.75 Å². The van der Waals surface area contributed by atoms with E-state index in [1.54, 1.807) is 24.3 Å². The van der Waals surface area contributed by atoms with E-state index in [1.165, 1.54) is 7.11 Å². The van der Waals surface area contributed by atoms with Gasteiger partial charge in [0.15, 0.2) is 23.3 Å². The lowest BCUT2D eigenvalue weighted by Crippen LogP contribution is -2.11. The van der Waals surface area contributed by atoms with Gasteiger partial charge in [-0.05, 0) is 24.3 Å². The summed E-state index contributed by atoms with van der Waals surface area (Å²) in [4.78, 5) is 0. The largest absolute Gasteiger partial charge is 0.497 e. The van der Waals surface area contributed by atoms with Gasteiger partial charge in [0.25, 0.3) is 0 Å². The third-order valence-electron chi connectivity index (χ3n) is 3.20. The van der Waals surface area contributed by atoms with Gasteiger partial charge in [-0.2, -0.15) is 0 Å². The van der Waals surface area contributed by atoms with Crippen LogP contribution in [0.4, 0.5) is 22.0 Å². The maximum absolute atomic E-state index is 13.5. The molecule has 7 heteroatoms. The third kappa shape index (κ3) is 3.49. The number of methoxy groups -OCH3 is 1. The highest BCUT2D eigenvalue weighted by molar-refractivity contribution is 5.38. The lowest BCUT2D eigenvalue weighted by molar-refractivity contribution is 0.169. The van der Waals surface area contributed by atoms with Crippen molar-refractivity contribution in [3.05, 3.63) is 64.5 Å². The van der Waals surface area contributed by atoms with Gasteiger partial charge in [0.1, 0.15) is 5.75 Å². The van der Waals surface area contributed by atoms with Crippen molar-refractivity contribution in [1.82, 2.24) is 0 Å². The topological polar surface area (TPSA) is 29.5 Å². The molecule has 0 spiro atoms. The summed E-state index contributed by atoms with van der Waals surface area (Å²) in [6, 6.07) is 6.47. The first-order valence-corrected chi connectivity index (χ1v) is 6.69. The zero-order valence-corrected chi connectivity index (χ0v) is 12.3. The van der Waals surface area contributed by atoms with Crippen LogP contribution in [-0.2, 0) is 0 Å². The fraction of sp³-hybridized carbons (Fsp3) is 0.176. The minimum Gasteiger partial charge on any atom is -0.497 e. The Kier molecular flexibility index (Phi) is 5.42. The highest BCUT2D eigenvalue weighted by Gasteiger charge is 2.29. The van der Waals surface area contributed by atoms with Crippen LogP contribution < -0.4 is 4.74 Å². The van der Waals surface area contributed by atoms with Crippen molar-refractivity contribution >= 4 is 0 Å². The van der Waals surface area contributed by atoms with E-state index in [0.29, 0.717) is 11.3 Å². The van der Waals surface area contributed by atoms with E-state index in [9.17, 15) is 27.1 Å². The molecule has 0 bridgehead atoms. The predicted octanol–water partition coefficient (Wildman–Crippen LogP) is 3.87. The second-order valence-corrected chi connectivity index (χ2v) is 4.73. The minimum absolute atomic E-state index is 0.510. The Hall–Kier alpha value is -2.59. The third-order valence-corrected chi connectivity index (χ3v) is 3.20. The van der Waals surface area contributed by atoms with E-state index in [1.807, 2.05) is 0 Å². The molecule has 1 atom stereocenters. The molecule has 1 N–H and O–H groups in total. The number of aliphatic hydroxyl groups excluding tert-OH is 1. The SMILES string of the molecule is COc1ccc(C#CC[C@@H](O)c2c(F)c(F)c(F)c(F)c2F)cc1. The average molecular weight is 342 g/mol. The van der Waals surface area contributed by atoms with Crippen LogP contribution in [-0.4, -0.2) is 12.2 Å². The molecule has 2 aromatic carbocycles. The van der Waals surface area contributed by atoms with Gasteiger partial charge in [-0.15, -0.1) is 0 Å². The van der Waals surface area contributed by atoms with Gasteiger partial charge in [-0.1, -0.05) is 11.8 Å². The molecule has 0 aromatic heterocycles. The van der Waals surface area contributed by atoms with Crippen molar-refractivity contribution in [2.75, 3.05) is 7.11 Å². The van der Waals surface area contributed by atoms with Gasteiger partial charge in [-0.25, -0.2) is 22.0 Å². The molecule has 0 saturated heterocycles. The predicted molar refractivity (Wildman–Crippen MR) is 75.7 cm³/mol. The molecular weight excluding hydrogens is 331 g/mol. The van der Waals surface area contributed by atoms with E-state index < -0.39 is 47.2 Å². The van der Waals surface area contributed by atoms with Crippen LogP contribution in [0.25, 0.3) is 0 Å². The first kappa shape index (κ1) is 17.8. The molecule has 0 unspecified atom stereocenters. The molecule has 0 heterocycles. The van der Waals surface area contributed by atoms with Crippen LogP contribution in [0.1, 0.15) is 23.7 Å². The molecule has 0 radical (unpaired) electrons. The van der Waals surface area contributed by atoms with Gasteiger partial charge in [-0.3, -0.25) is 0 Å². The van der Waals surface area contributed by atoms with Crippen LogP contribution >= 0.6 is 0 Å². The van der Waals surface area contributed by atoms with E-state index >= 15 is 0 Å². The van der Waals surface area contributed by atoms with Crippen molar-refractivity contribution in [1.29, 1.82) is 0 Å². The highest BCUT2D eigenvalue weighted by Crippen LogP contribution is 2.29. The van der Waals surface area contributed by atoms with Crippen molar-refractivity contribution in [3.63, 3.8) is 0 Å². The van der Waals surface area contributed by atoms with Crippen LogP contribution in [0.3, 0.4) is 0 Å². The number of benzene rings is 2. The second kappa shape index (κ2) is 7.32. The van der Waals surface area contributed by atoms with Crippen molar-refractivity contribution in [2.45, 2.75) is 12.5 Å². The van der Waals surface area contributed by atoms with E-state index in [0.717, 1.165) is 0 Å². The van der Waals surface area contributed by atoms with Crippen molar-refractivity contribution in [3.8, 4) is 17.6 Å². The van der Waals surface area contributed by atoms with Crippen LogP contribution in [0.15, 0.2) is 24.3 Å². The van der Waals surface area contributed by atoms with Crippen molar-refractivity contribution in [2.24, 2.45) is 0 Å². The summed E-state index contributed by atoms with van der Waals surface area (Å²) in [6.07, 6.45) is -2.47. The lowest BCUT2D eigenvalue weighted by Gasteiger charge is -2.12. The molecule has 2 rings (SSSR count). The molecule has 0 amide bonds. The number of ether oxygens (including phenoxy) is 1. The Balaban J connectivity index is 2.22. The standard InChI is InChI=1S/C17H11F5O2/c1-24-10-7-5-9(6-8-10)3-2-4-11(23)12-13(18)15(20)17(22)16(21)14(12)19/h5-8,11,23H,4H2,1H3/t11-/m1/s1. The van der Waals surface area contributed by atoms with Gasteiger partial charge in [0.2, 0.25) is 5.82 Å². The summed E-state index contributed by atoms with van der Waals surface area (Å²) in [5, 5.41) is 9.72.